The molecule has 1 N–H and O–H groups in total. The Morgan fingerprint density at radius 1 is 1.25 bits per heavy atom. The summed E-state index contributed by atoms with van der Waals surface area (Å²) < 4.78 is 17.8. The Bertz CT molecular complexity index is 595. The summed E-state index contributed by atoms with van der Waals surface area (Å²) in [7, 11) is 0. The van der Waals surface area contributed by atoms with Crippen LogP contribution in [0.15, 0.2) is 41.8 Å². The van der Waals surface area contributed by atoms with Crippen LogP contribution < -0.4 is 5.32 Å². The third-order valence-corrected chi connectivity index (χ3v) is 3.34. The quantitative estimate of drug-likeness (QED) is 0.881. The number of carbonyl (C=O) groups is 2. The number of hydrogen-bond donors (Lipinski definition) is 1. The number of benzene rings is 1. The van der Waals surface area contributed by atoms with Gasteiger partial charge >= 0.3 is 5.97 Å². The van der Waals surface area contributed by atoms with E-state index in [2.05, 4.69) is 5.32 Å². The zero-order valence-corrected chi connectivity index (χ0v) is 11.4. The maximum Gasteiger partial charge on any atom is 0.349 e. The summed E-state index contributed by atoms with van der Waals surface area (Å²) in [5, 5.41) is 4.29. The molecule has 20 heavy (non-hydrogen) atoms. The summed E-state index contributed by atoms with van der Waals surface area (Å²) >= 11 is 1.24. The smallest absolute Gasteiger partial charge is 0.349 e. The number of halogens is 1. The zero-order valence-electron chi connectivity index (χ0n) is 10.6. The Balaban J connectivity index is 1.92. The zero-order chi connectivity index (χ0) is 14.5. The van der Waals surface area contributed by atoms with Crippen molar-refractivity contribution < 1.29 is 18.7 Å². The van der Waals surface area contributed by atoms with Crippen LogP contribution in [0.5, 0.6) is 0 Å². The summed E-state index contributed by atoms with van der Waals surface area (Å²) in [6.07, 6.45) is -0.936. The van der Waals surface area contributed by atoms with Gasteiger partial charge in [0, 0.05) is 5.69 Å². The van der Waals surface area contributed by atoms with Gasteiger partial charge in [0.2, 0.25) is 0 Å². The minimum Gasteiger partial charge on any atom is -0.448 e. The van der Waals surface area contributed by atoms with E-state index in [1.165, 1.54) is 42.5 Å². The van der Waals surface area contributed by atoms with Crippen LogP contribution in [0.25, 0.3) is 0 Å². The van der Waals surface area contributed by atoms with Crippen molar-refractivity contribution in [1.82, 2.24) is 0 Å². The molecule has 0 aliphatic rings. The van der Waals surface area contributed by atoms with Gasteiger partial charge < -0.3 is 10.1 Å². The van der Waals surface area contributed by atoms with Crippen LogP contribution in [-0.4, -0.2) is 18.0 Å². The van der Waals surface area contributed by atoms with Crippen LogP contribution in [0.2, 0.25) is 0 Å². The molecule has 1 aromatic heterocycles. The highest BCUT2D eigenvalue weighted by Crippen LogP contribution is 2.13. The van der Waals surface area contributed by atoms with Crippen molar-refractivity contribution in [2.75, 3.05) is 5.32 Å². The van der Waals surface area contributed by atoms with Crippen LogP contribution in [0, 0.1) is 5.82 Å². The van der Waals surface area contributed by atoms with Crippen LogP contribution >= 0.6 is 11.3 Å². The van der Waals surface area contributed by atoms with Crippen molar-refractivity contribution in [3.63, 3.8) is 0 Å². The fourth-order valence-electron chi connectivity index (χ4n) is 1.44. The van der Waals surface area contributed by atoms with Gasteiger partial charge in [-0.05, 0) is 42.6 Å². The summed E-state index contributed by atoms with van der Waals surface area (Å²) in [6, 6.07) is 8.68. The Kier molecular flexibility index (Phi) is 4.47. The SMILES string of the molecule is C[C@H](OC(=O)c1cccs1)C(=O)Nc1ccc(F)cc1. The van der Waals surface area contributed by atoms with Gasteiger partial charge in [0.15, 0.2) is 6.10 Å². The van der Waals surface area contributed by atoms with Crippen molar-refractivity contribution in [2.24, 2.45) is 0 Å². The van der Waals surface area contributed by atoms with E-state index in [1.807, 2.05) is 0 Å². The number of carbonyl (C=O) groups excluding carboxylic acids is 2. The maximum atomic E-state index is 12.7. The molecular formula is C14H12FNO3S. The normalized spacial score (nSPS) is 11.7. The predicted molar refractivity (Wildman–Crippen MR) is 74.2 cm³/mol. The molecule has 0 saturated heterocycles. The second-order valence-electron chi connectivity index (χ2n) is 4.02. The van der Waals surface area contributed by atoms with Crippen LogP contribution in [0.4, 0.5) is 10.1 Å². The number of hydrogen-bond acceptors (Lipinski definition) is 4. The van der Waals surface area contributed by atoms with E-state index < -0.39 is 18.0 Å². The molecule has 0 unspecified atom stereocenters. The lowest BCUT2D eigenvalue weighted by molar-refractivity contribution is -0.123. The second kappa shape index (κ2) is 6.29. The number of rotatable bonds is 4. The van der Waals surface area contributed by atoms with Crippen molar-refractivity contribution in [1.29, 1.82) is 0 Å². The molecular weight excluding hydrogens is 281 g/mol. The Labute approximate surface area is 119 Å². The summed E-state index contributed by atoms with van der Waals surface area (Å²) in [5.41, 5.74) is 0.440. The summed E-state index contributed by atoms with van der Waals surface area (Å²) in [6.45, 7) is 1.48. The van der Waals surface area contributed by atoms with Gasteiger partial charge in [0.1, 0.15) is 10.7 Å². The Hall–Kier alpha value is -2.21. The number of anilines is 1. The third-order valence-electron chi connectivity index (χ3n) is 2.49. The molecule has 0 aliphatic carbocycles. The Morgan fingerprint density at radius 3 is 2.55 bits per heavy atom. The first-order chi connectivity index (χ1) is 9.56. The number of ether oxygens (including phenoxy) is 1. The lowest BCUT2D eigenvalue weighted by atomic mass is 10.3. The number of amides is 1. The molecule has 1 amide bonds. The van der Waals surface area contributed by atoms with E-state index in [4.69, 9.17) is 4.74 Å². The van der Waals surface area contributed by atoms with Crippen molar-refractivity contribution in [3.05, 3.63) is 52.5 Å². The van der Waals surface area contributed by atoms with Crippen molar-refractivity contribution in [2.45, 2.75) is 13.0 Å². The number of esters is 1. The molecule has 1 atom stereocenters. The molecule has 0 aliphatic heterocycles. The molecule has 0 saturated carbocycles. The van der Waals surface area contributed by atoms with Crippen LogP contribution in [0.3, 0.4) is 0 Å². The summed E-state index contributed by atoms with van der Waals surface area (Å²) in [5.74, 6) is -1.40. The average molecular weight is 293 g/mol. The molecule has 104 valence electrons. The monoisotopic (exact) mass is 293 g/mol. The molecule has 2 rings (SSSR count). The lowest BCUT2D eigenvalue weighted by Crippen LogP contribution is -2.29. The fourth-order valence-corrected chi connectivity index (χ4v) is 2.05. The van der Waals surface area contributed by atoms with E-state index in [0.29, 0.717) is 10.6 Å². The van der Waals surface area contributed by atoms with Crippen molar-refractivity contribution in [3.8, 4) is 0 Å². The molecule has 2 aromatic rings. The van der Waals surface area contributed by atoms with E-state index in [9.17, 15) is 14.0 Å². The molecule has 0 bridgehead atoms. The van der Waals surface area contributed by atoms with Crippen LogP contribution in [-0.2, 0) is 9.53 Å². The predicted octanol–water partition coefficient (Wildman–Crippen LogP) is 3.07. The van der Waals surface area contributed by atoms with Gasteiger partial charge in [-0.25, -0.2) is 9.18 Å². The molecule has 0 radical (unpaired) electrons. The third kappa shape index (κ3) is 3.64. The Morgan fingerprint density at radius 2 is 1.95 bits per heavy atom. The van der Waals surface area contributed by atoms with Gasteiger partial charge in [-0.1, -0.05) is 6.07 Å². The highest BCUT2D eigenvalue weighted by atomic mass is 32.1. The minimum atomic E-state index is -0.936. The topological polar surface area (TPSA) is 55.4 Å². The highest BCUT2D eigenvalue weighted by molar-refractivity contribution is 7.11. The fraction of sp³-hybridized carbons (Fsp3) is 0.143. The van der Waals surface area contributed by atoms with E-state index in [1.54, 1.807) is 17.5 Å². The van der Waals surface area contributed by atoms with E-state index >= 15 is 0 Å². The highest BCUT2D eigenvalue weighted by Gasteiger charge is 2.19. The lowest BCUT2D eigenvalue weighted by Gasteiger charge is -2.12. The molecule has 6 heteroatoms. The molecule has 4 nitrogen and oxygen atoms in total. The van der Waals surface area contributed by atoms with E-state index in [-0.39, 0.29) is 5.82 Å². The first-order valence-electron chi connectivity index (χ1n) is 5.87. The van der Waals surface area contributed by atoms with Gasteiger partial charge in [-0.2, -0.15) is 0 Å². The van der Waals surface area contributed by atoms with Gasteiger partial charge in [-0.3, -0.25) is 4.79 Å². The molecule has 0 spiro atoms. The largest absolute Gasteiger partial charge is 0.448 e. The standard InChI is InChI=1S/C14H12FNO3S/c1-9(19-14(18)12-3-2-8-20-12)13(17)16-11-6-4-10(15)5-7-11/h2-9H,1H3,(H,16,17)/t9-/m0/s1. The maximum absolute atomic E-state index is 12.7. The average Bonchev–Trinajstić information content (AvgIpc) is 2.95. The number of nitrogens with one attached hydrogen (secondary N) is 1. The van der Waals surface area contributed by atoms with Crippen LogP contribution in [0.1, 0.15) is 16.6 Å². The summed E-state index contributed by atoms with van der Waals surface area (Å²) in [4.78, 5) is 23.9. The second-order valence-corrected chi connectivity index (χ2v) is 4.97. The van der Waals surface area contributed by atoms with Gasteiger partial charge in [0.05, 0.1) is 0 Å². The van der Waals surface area contributed by atoms with Gasteiger partial charge in [0.25, 0.3) is 5.91 Å². The molecule has 1 aromatic carbocycles. The van der Waals surface area contributed by atoms with E-state index in [0.717, 1.165) is 0 Å². The molecule has 1 heterocycles. The first-order valence-corrected chi connectivity index (χ1v) is 6.75. The first kappa shape index (κ1) is 14.2. The molecule has 0 fully saturated rings. The van der Waals surface area contributed by atoms with Crippen molar-refractivity contribution >= 4 is 28.9 Å². The minimum absolute atomic E-state index is 0.389. The van der Waals surface area contributed by atoms with Gasteiger partial charge in [-0.15, -0.1) is 11.3 Å². The number of thiophene rings is 1.